The van der Waals surface area contributed by atoms with Crippen LogP contribution >= 0.6 is 11.3 Å². The van der Waals surface area contributed by atoms with Gasteiger partial charge < -0.3 is 5.73 Å². The highest BCUT2D eigenvalue weighted by Crippen LogP contribution is 2.38. The average Bonchev–Trinajstić information content (AvgIpc) is 3.51. The van der Waals surface area contributed by atoms with Crippen molar-refractivity contribution in [3.05, 3.63) is 83.9 Å². The molecule has 0 spiro atoms. The number of aliphatic imine (C=N–C) groups is 1. The second-order valence-electron chi connectivity index (χ2n) is 7.00. The number of rotatable bonds is 3. The molecular weight excluding hydrogens is 394 g/mol. The summed E-state index contributed by atoms with van der Waals surface area (Å²) in [4.78, 5) is 10.5. The van der Waals surface area contributed by atoms with Crippen molar-refractivity contribution in [1.82, 2.24) is 19.3 Å². The molecule has 0 amide bonds. The second-order valence-corrected chi connectivity index (χ2v) is 7.95. The summed E-state index contributed by atoms with van der Waals surface area (Å²) in [6.45, 7) is 0. The number of benzene rings is 2. The van der Waals surface area contributed by atoms with Crippen LogP contribution in [0.5, 0.6) is 0 Å². The van der Waals surface area contributed by atoms with E-state index in [1.807, 2.05) is 71.5 Å². The second kappa shape index (κ2) is 6.57. The zero-order chi connectivity index (χ0) is 20.1. The summed E-state index contributed by atoms with van der Waals surface area (Å²) in [7, 11) is 0. The Morgan fingerprint density at radius 1 is 0.967 bits per heavy atom. The molecule has 1 aliphatic rings. The fourth-order valence-electron chi connectivity index (χ4n) is 3.82. The van der Waals surface area contributed by atoms with E-state index in [9.17, 15) is 0 Å². The third-order valence-corrected chi connectivity index (χ3v) is 6.01. The highest BCUT2D eigenvalue weighted by atomic mass is 32.1. The Morgan fingerprint density at radius 3 is 2.63 bits per heavy atom. The Bertz CT molecular complexity index is 1380. The smallest absolute Gasteiger partial charge is 0.212 e. The minimum absolute atomic E-state index is 0.340. The first-order chi connectivity index (χ1) is 14.8. The van der Waals surface area contributed by atoms with Crippen LogP contribution in [0.4, 0.5) is 5.95 Å². The largest absolute Gasteiger partial charge is 0.370 e. The van der Waals surface area contributed by atoms with Gasteiger partial charge in [0.2, 0.25) is 5.95 Å². The van der Waals surface area contributed by atoms with Gasteiger partial charge in [-0.05, 0) is 35.7 Å². The van der Waals surface area contributed by atoms with Crippen LogP contribution in [0.15, 0.2) is 83.3 Å². The minimum atomic E-state index is -0.372. The molecular formula is C22H17N7S. The molecule has 0 bridgehead atoms. The molecule has 6 rings (SSSR count). The Labute approximate surface area is 176 Å². The molecule has 0 aliphatic carbocycles. The summed E-state index contributed by atoms with van der Waals surface area (Å²) < 4.78 is 3.98. The zero-order valence-electron chi connectivity index (χ0n) is 15.8. The van der Waals surface area contributed by atoms with Crippen molar-refractivity contribution < 1.29 is 0 Å². The summed E-state index contributed by atoms with van der Waals surface area (Å²) >= 11 is 1.65. The molecule has 146 valence electrons. The first-order valence-corrected chi connectivity index (χ1v) is 10.4. The van der Waals surface area contributed by atoms with E-state index in [1.165, 1.54) is 0 Å². The monoisotopic (exact) mass is 411 g/mol. The van der Waals surface area contributed by atoms with Gasteiger partial charge in [0, 0.05) is 11.8 Å². The maximum Gasteiger partial charge on any atom is 0.212 e. The highest BCUT2D eigenvalue weighted by Gasteiger charge is 2.29. The van der Waals surface area contributed by atoms with Crippen LogP contribution in [0, 0.1) is 0 Å². The van der Waals surface area contributed by atoms with Gasteiger partial charge in [-0.3, -0.25) is 9.88 Å². The van der Waals surface area contributed by atoms with Crippen LogP contribution in [0.25, 0.3) is 27.3 Å². The van der Waals surface area contributed by atoms with E-state index >= 15 is 0 Å². The predicted molar refractivity (Wildman–Crippen MR) is 120 cm³/mol. The number of hydrogen-bond donors (Lipinski definition) is 2. The SMILES string of the molecule is NC1=N[C@H](c2cn(-c3ccccc3)nc2-c2cccs2)n2c(nc3ccccc32)N1. The quantitative estimate of drug-likeness (QED) is 0.465. The van der Waals surface area contributed by atoms with Crippen LogP contribution in [0.3, 0.4) is 0 Å². The number of imidazole rings is 1. The van der Waals surface area contributed by atoms with Crippen LogP contribution in [-0.2, 0) is 0 Å². The van der Waals surface area contributed by atoms with Crippen molar-refractivity contribution in [3.8, 4) is 16.3 Å². The van der Waals surface area contributed by atoms with Gasteiger partial charge in [0.25, 0.3) is 0 Å². The molecule has 1 atom stereocenters. The standard InChI is InChI=1S/C22H17N7S/c23-21-25-20(29-17-10-5-4-9-16(17)24-22(29)26-21)15-13-28(14-7-2-1-3-8-14)27-19(15)18-11-6-12-30-18/h1-13,20H,(H3,23,24,25,26)/t20-/m0/s1. The number of anilines is 1. The molecule has 30 heavy (non-hydrogen) atoms. The van der Waals surface area contributed by atoms with Crippen molar-refractivity contribution in [2.24, 2.45) is 10.7 Å². The molecule has 0 fully saturated rings. The summed E-state index contributed by atoms with van der Waals surface area (Å²) in [5.41, 5.74) is 10.9. The van der Waals surface area contributed by atoms with Crippen LogP contribution < -0.4 is 11.1 Å². The molecule has 4 heterocycles. The van der Waals surface area contributed by atoms with E-state index in [0.717, 1.165) is 32.9 Å². The summed E-state index contributed by atoms with van der Waals surface area (Å²) in [5, 5.41) is 10.1. The number of aromatic nitrogens is 4. The third kappa shape index (κ3) is 2.61. The van der Waals surface area contributed by atoms with Crippen molar-refractivity contribution in [1.29, 1.82) is 0 Å². The molecule has 2 aromatic carbocycles. The Hall–Kier alpha value is -3.91. The van der Waals surface area contributed by atoms with E-state index in [2.05, 4.69) is 21.3 Å². The lowest BCUT2D eigenvalue weighted by atomic mass is 10.1. The van der Waals surface area contributed by atoms with Gasteiger partial charge in [0.05, 0.1) is 21.6 Å². The van der Waals surface area contributed by atoms with E-state index in [0.29, 0.717) is 11.9 Å². The maximum atomic E-state index is 6.15. The van der Waals surface area contributed by atoms with Gasteiger partial charge in [-0.15, -0.1) is 11.3 Å². The number of nitrogens with zero attached hydrogens (tertiary/aromatic N) is 5. The molecule has 0 unspecified atom stereocenters. The molecule has 7 nitrogen and oxygen atoms in total. The zero-order valence-corrected chi connectivity index (χ0v) is 16.6. The minimum Gasteiger partial charge on any atom is -0.370 e. The Balaban J connectivity index is 1.60. The molecule has 5 aromatic rings. The Morgan fingerprint density at radius 2 is 1.80 bits per heavy atom. The van der Waals surface area contributed by atoms with E-state index in [-0.39, 0.29) is 6.17 Å². The lowest BCUT2D eigenvalue weighted by molar-refractivity contribution is 0.627. The summed E-state index contributed by atoms with van der Waals surface area (Å²) in [6.07, 6.45) is 1.67. The number of guanidine groups is 1. The summed E-state index contributed by atoms with van der Waals surface area (Å²) in [6, 6.07) is 22.2. The topological polar surface area (TPSA) is 86.0 Å². The average molecular weight is 411 g/mol. The molecule has 3 aromatic heterocycles. The molecule has 1 aliphatic heterocycles. The molecule has 3 N–H and O–H groups in total. The summed E-state index contributed by atoms with van der Waals surface area (Å²) in [5.74, 6) is 1.02. The lowest BCUT2D eigenvalue weighted by Gasteiger charge is -2.23. The number of nitrogens with two attached hydrogens (primary N) is 1. The molecule has 8 heteroatoms. The molecule has 0 radical (unpaired) electrons. The predicted octanol–water partition coefficient (Wildman–Crippen LogP) is 4.24. The fourth-order valence-corrected chi connectivity index (χ4v) is 4.55. The van der Waals surface area contributed by atoms with Gasteiger partial charge in [0.1, 0.15) is 5.69 Å². The first-order valence-electron chi connectivity index (χ1n) is 9.54. The van der Waals surface area contributed by atoms with Gasteiger partial charge in [0.15, 0.2) is 12.1 Å². The van der Waals surface area contributed by atoms with Crippen molar-refractivity contribution >= 4 is 34.3 Å². The van der Waals surface area contributed by atoms with Gasteiger partial charge in [-0.25, -0.2) is 14.7 Å². The molecule has 0 saturated carbocycles. The van der Waals surface area contributed by atoms with E-state index in [1.54, 1.807) is 11.3 Å². The fraction of sp³-hybridized carbons (Fsp3) is 0.0455. The van der Waals surface area contributed by atoms with Crippen molar-refractivity contribution in [3.63, 3.8) is 0 Å². The van der Waals surface area contributed by atoms with Crippen molar-refractivity contribution in [2.45, 2.75) is 6.17 Å². The van der Waals surface area contributed by atoms with Gasteiger partial charge in [-0.2, -0.15) is 5.10 Å². The van der Waals surface area contributed by atoms with Crippen LogP contribution in [0.1, 0.15) is 11.7 Å². The number of para-hydroxylation sites is 3. The number of fused-ring (bicyclic) bond motifs is 3. The lowest BCUT2D eigenvalue weighted by Crippen LogP contribution is -2.31. The van der Waals surface area contributed by atoms with Gasteiger partial charge >= 0.3 is 0 Å². The van der Waals surface area contributed by atoms with Crippen molar-refractivity contribution in [2.75, 3.05) is 5.32 Å². The number of thiophene rings is 1. The third-order valence-electron chi connectivity index (χ3n) is 5.14. The number of nitrogens with one attached hydrogen (secondary N) is 1. The molecule has 0 saturated heterocycles. The van der Waals surface area contributed by atoms with E-state index in [4.69, 9.17) is 20.8 Å². The van der Waals surface area contributed by atoms with Crippen LogP contribution in [-0.4, -0.2) is 25.3 Å². The first kappa shape index (κ1) is 17.0. The number of hydrogen-bond acceptors (Lipinski definition) is 6. The van der Waals surface area contributed by atoms with Gasteiger partial charge in [-0.1, -0.05) is 36.4 Å². The van der Waals surface area contributed by atoms with Crippen LogP contribution in [0.2, 0.25) is 0 Å². The maximum absolute atomic E-state index is 6.15. The highest BCUT2D eigenvalue weighted by molar-refractivity contribution is 7.13. The normalized spacial score (nSPS) is 15.6. The van der Waals surface area contributed by atoms with E-state index < -0.39 is 0 Å². The Kier molecular flexibility index (Phi) is 3.72.